The van der Waals surface area contributed by atoms with Crippen molar-refractivity contribution in [3.8, 4) is 50.6 Å². The number of hydrogen-bond donors (Lipinski definition) is 0. The van der Waals surface area contributed by atoms with Crippen LogP contribution < -0.4 is 14.2 Å². The van der Waals surface area contributed by atoms with E-state index in [0.717, 1.165) is 64.5 Å². The Morgan fingerprint density at radius 2 is 1.38 bits per heavy atom. The van der Waals surface area contributed by atoms with Gasteiger partial charge in [0.25, 0.3) is 0 Å². The smallest absolute Gasteiger partial charge is 0.127 e. The van der Waals surface area contributed by atoms with E-state index in [1.165, 1.54) is 11.1 Å². The van der Waals surface area contributed by atoms with Crippen LogP contribution in [0.25, 0.3) is 33.4 Å². The van der Waals surface area contributed by atoms with E-state index >= 15 is 0 Å². The van der Waals surface area contributed by atoms with Crippen molar-refractivity contribution >= 4 is 0 Å². The Morgan fingerprint density at radius 3 is 2.03 bits per heavy atom. The molecule has 0 bridgehead atoms. The Kier molecular flexibility index (Phi) is 8.90. The summed E-state index contributed by atoms with van der Waals surface area (Å²) in [6, 6.07) is 30.5. The van der Waals surface area contributed by atoms with Crippen molar-refractivity contribution in [1.29, 1.82) is 0 Å². The number of benzene rings is 4. The van der Waals surface area contributed by atoms with Crippen molar-refractivity contribution in [1.82, 2.24) is 0 Å². The quantitative estimate of drug-likeness (QED) is 0.195. The average molecular weight is 494 g/mol. The highest BCUT2D eigenvalue weighted by atomic mass is 16.5. The molecule has 0 saturated heterocycles. The van der Waals surface area contributed by atoms with Crippen molar-refractivity contribution in [2.75, 3.05) is 20.3 Å². The van der Waals surface area contributed by atoms with Crippen molar-refractivity contribution in [3.63, 3.8) is 0 Å². The van der Waals surface area contributed by atoms with Gasteiger partial charge in [0.2, 0.25) is 0 Å². The Balaban J connectivity index is 1.67. The standard InChI is InChI=1S/C34H37O3/c1-6-8-21-37-28-17-13-25(14-18-28)31-19-16-27(22-33(31)35-5)32-20-15-26(23-34(32)36-7-2)30-12-10-9-11-29(30)24(3)4/h10-20,22-24H,6-8,21H2,1-5H3. The molecule has 0 heterocycles. The maximum absolute atomic E-state index is 6.13. The Morgan fingerprint density at radius 1 is 0.730 bits per heavy atom. The fourth-order valence-corrected chi connectivity index (χ4v) is 4.55. The molecular formula is C34H37O3. The summed E-state index contributed by atoms with van der Waals surface area (Å²) in [4.78, 5) is 0. The Hall–Kier alpha value is -3.72. The highest BCUT2D eigenvalue weighted by Crippen LogP contribution is 2.40. The average Bonchev–Trinajstić information content (AvgIpc) is 2.93. The minimum absolute atomic E-state index is 0.413. The van der Waals surface area contributed by atoms with E-state index in [2.05, 4.69) is 87.5 Å². The van der Waals surface area contributed by atoms with Crippen molar-refractivity contribution in [3.05, 3.63) is 90.5 Å². The molecule has 3 nitrogen and oxygen atoms in total. The first kappa shape index (κ1) is 26.3. The van der Waals surface area contributed by atoms with Crippen molar-refractivity contribution in [2.24, 2.45) is 0 Å². The molecule has 37 heavy (non-hydrogen) atoms. The van der Waals surface area contributed by atoms with Gasteiger partial charge in [0, 0.05) is 11.1 Å². The minimum atomic E-state index is 0.413. The van der Waals surface area contributed by atoms with E-state index in [-0.39, 0.29) is 0 Å². The normalized spacial score (nSPS) is 11.0. The molecule has 3 heteroatoms. The molecule has 0 spiro atoms. The van der Waals surface area contributed by atoms with Crippen LogP contribution in [0.5, 0.6) is 17.2 Å². The second-order valence-corrected chi connectivity index (χ2v) is 9.45. The molecule has 0 unspecified atom stereocenters. The first-order valence-corrected chi connectivity index (χ1v) is 13.2. The van der Waals surface area contributed by atoms with Gasteiger partial charge in [-0.1, -0.05) is 81.8 Å². The first-order valence-electron chi connectivity index (χ1n) is 13.2. The zero-order chi connectivity index (χ0) is 26.2. The van der Waals surface area contributed by atoms with Crippen LogP contribution in [0.15, 0.2) is 78.9 Å². The lowest BCUT2D eigenvalue weighted by Gasteiger charge is -2.17. The molecule has 4 aromatic carbocycles. The third kappa shape index (κ3) is 6.17. The lowest BCUT2D eigenvalue weighted by Crippen LogP contribution is -1.97. The summed E-state index contributed by atoms with van der Waals surface area (Å²) in [5.74, 6) is 3.00. The first-order chi connectivity index (χ1) is 18.0. The molecule has 0 atom stereocenters. The molecular weight excluding hydrogens is 456 g/mol. The van der Waals surface area contributed by atoms with Crippen molar-refractivity contribution in [2.45, 2.75) is 46.5 Å². The molecule has 0 aliphatic heterocycles. The molecule has 4 aromatic rings. The second kappa shape index (κ2) is 12.5. The van der Waals surface area contributed by atoms with Crippen LogP contribution in [-0.2, 0) is 0 Å². The summed E-state index contributed by atoms with van der Waals surface area (Å²) in [6.07, 6.45) is 2.18. The van der Waals surface area contributed by atoms with Gasteiger partial charge in [0.15, 0.2) is 0 Å². The van der Waals surface area contributed by atoms with Gasteiger partial charge in [-0.15, -0.1) is 0 Å². The number of methoxy groups -OCH3 is 1. The number of ether oxygens (including phenoxy) is 3. The summed E-state index contributed by atoms with van der Waals surface area (Å²) >= 11 is 0. The summed E-state index contributed by atoms with van der Waals surface area (Å²) in [6.45, 7) is 9.95. The summed E-state index contributed by atoms with van der Waals surface area (Å²) in [5.41, 5.74) is 7.89. The topological polar surface area (TPSA) is 27.7 Å². The maximum Gasteiger partial charge on any atom is 0.127 e. The SMILES string of the molecule is CCCCOc1ccc(-c2ccc(-c3ccc(-c4cc[c]cc4C(C)C)cc3OCC)cc2OC)cc1. The summed E-state index contributed by atoms with van der Waals surface area (Å²) in [7, 11) is 1.72. The fourth-order valence-electron chi connectivity index (χ4n) is 4.55. The van der Waals surface area contributed by atoms with Gasteiger partial charge in [0.1, 0.15) is 17.2 Å². The van der Waals surface area contributed by atoms with Gasteiger partial charge in [-0.25, -0.2) is 0 Å². The Labute approximate surface area is 222 Å². The Bertz CT molecular complexity index is 1310. The monoisotopic (exact) mass is 493 g/mol. The molecule has 0 fully saturated rings. The molecule has 1 radical (unpaired) electrons. The largest absolute Gasteiger partial charge is 0.496 e. The van der Waals surface area contributed by atoms with E-state index in [1.54, 1.807) is 7.11 Å². The van der Waals surface area contributed by atoms with Crippen LogP contribution in [0, 0.1) is 6.07 Å². The fraction of sp³-hybridized carbons (Fsp3) is 0.294. The predicted molar refractivity (Wildman–Crippen MR) is 154 cm³/mol. The predicted octanol–water partition coefficient (Wildman–Crippen LogP) is 9.20. The highest BCUT2D eigenvalue weighted by Gasteiger charge is 2.15. The maximum atomic E-state index is 6.13. The van der Waals surface area contributed by atoms with E-state index in [4.69, 9.17) is 14.2 Å². The van der Waals surface area contributed by atoms with Crippen LogP contribution in [-0.4, -0.2) is 20.3 Å². The van der Waals surface area contributed by atoms with E-state index in [1.807, 2.05) is 25.1 Å². The minimum Gasteiger partial charge on any atom is -0.496 e. The third-order valence-corrected chi connectivity index (χ3v) is 6.56. The third-order valence-electron chi connectivity index (χ3n) is 6.56. The molecule has 191 valence electrons. The zero-order valence-electron chi connectivity index (χ0n) is 22.6. The van der Waals surface area contributed by atoms with Gasteiger partial charge < -0.3 is 14.2 Å². The zero-order valence-corrected chi connectivity index (χ0v) is 22.6. The molecule has 0 aliphatic rings. The van der Waals surface area contributed by atoms with Crippen LogP contribution in [0.1, 0.15) is 52.0 Å². The molecule has 4 rings (SSSR count). The number of hydrogen-bond acceptors (Lipinski definition) is 3. The van der Waals surface area contributed by atoms with Gasteiger partial charge >= 0.3 is 0 Å². The molecule has 0 saturated carbocycles. The molecule has 0 amide bonds. The second-order valence-electron chi connectivity index (χ2n) is 9.45. The number of rotatable bonds is 11. The summed E-state index contributed by atoms with van der Waals surface area (Å²) in [5, 5.41) is 0. The number of unbranched alkanes of at least 4 members (excludes halogenated alkanes) is 1. The van der Waals surface area contributed by atoms with E-state index < -0.39 is 0 Å². The van der Waals surface area contributed by atoms with Gasteiger partial charge in [-0.2, -0.15) is 0 Å². The lowest BCUT2D eigenvalue weighted by molar-refractivity contribution is 0.309. The van der Waals surface area contributed by atoms with E-state index in [9.17, 15) is 0 Å². The molecule has 0 aliphatic carbocycles. The highest BCUT2D eigenvalue weighted by molar-refractivity contribution is 5.81. The molecule has 0 N–H and O–H groups in total. The van der Waals surface area contributed by atoms with Gasteiger partial charge in [-0.3, -0.25) is 0 Å². The van der Waals surface area contributed by atoms with Crippen LogP contribution in [0.3, 0.4) is 0 Å². The lowest BCUT2D eigenvalue weighted by atomic mass is 9.91. The van der Waals surface area contributed by atoms with Gasteiger partial charge in [0.05, 0.1) is 20.3 Å². The summed E-state index contributed by atoms with van der Waals surface area (Å²) < 4.78 is 17.8. The van der Waals surface area contributed by atoms with Crippen LogP contribution in [0.4, 0.5) is 0 Å². The van der Waals surface area contributed by atoms with Gasteiger partial charge in [-0.05, 0) is 77.4 Å². The van der Waals surface area contributed by atoms with E-state index in [0.29, 0.717) is 12.5 Å². The van der Waals surface area contributed by atoms with Crippen LogP contribution in [0.2, 0.25) is 0 Å². The molecule has 0 aromatic heterocycles. The van der Waals surface area contributed by atoms with Crippen LogP contribution >= 0.6 is 0 Å². The van der Waals surface area contributed by atoms with Crippen molar-refractivity contribution < 1.29 is 14.2 Å².